The summed E-state index contributed by atoms with van der Waals surface area (Å²) < 4.78 is 28.5. The second kappa shape index (κ2) is 6.52. The molecule has 2 N–H and O–H groups in total. The summed E-state index contributed by atoms with van der Waals surface area (Å²) in [6.07, 6.45) is 7.75. The Balaban J connectivity index is 2.02. The minimum atomic E-state index is -3.32. The van der Waals surface area contributed by atoms with Gasteiger partial charge in [-0.1, -0.05) is 19.3 Å². The first-order valence-electron chi connectivity index (χ1n) is 7.49. The maximum atomic E-state index is 12.6. The molecule has 0 bridgehead atoms. The summed E-state index contributed by atoms with van der Waals surface area (Å²) in [6, 6.07) is -0.00946. The van der Waals surface area contributed by atoms with Crippen LogP contribution in [-0.2, 0) is 10.2 Å². The molecule has 19 heavy (non-hydrogen) atoms. The molecule has 0 spiro atoms. The summed E-state index contributed by atoms with van der Waals surface area (Å²) in [6.45, 7) is 1.71. The second-order valence-corrected chi connectivity index (χ2v) is 7.92. The van der Waals surface area contributed by atoms with Crippen molar-refractivity contribution >= 4 is 10.2 Å². The van der Waals surface area contributed by atoms with Crippen molar-refractivity contribution in [3.05, 3.63) is 0 Å². The Hall–Kier alpha value is -0.170. The number of hydrogen-bond donors (Lipinski definition) is 1. The third-order valence-corrected chi connectivity index (χ3v) is 6.54. The van der Waals surface area contributed by atoms with E-state index in [1.165, 1.54) is 25.7 Å². The average molecular weight is 289 g/mol. The predicted octanol–water partition coefficient (Wildman–Crippen LogP) is 1.17. The fourth-order valence-corrected chi connectivity index (χ4v) is 5.03. The van der Waals surface area contributed by atoms with Crippen LogP contribution in [0.1, 0.15) is 44.9 Å². The molecule has 1 aliphatic heterocycles. The van der Waals surface area contributed by atoms with Crippen molar-refractivity contribution in [2.24, 2.45) is 11.7 Å². The summed E-state index contributed by atoms with van der Waals surface area (Å²) in [5, 5.41) is 0. The lowest BCUT2D eigenvalue weighted by atomic mass is 10.1. The van der Waals surface area contributed by atoms with Gasteiger partial charge in [0.2, 0.25) is 0 Å². The molecule has 1 saturated heterocycles. The van der Waals surface area contributed by atoms with Gasteiger partial charge >= 0.3 is 0 Å². The molecule has 1 saturated carbocycles. The molecule has 2 rings (SSSR count). The van der Waals surface area contributed by atoms with Crippen molar-refractivity contribution < 1.29 is 8.42 Å². The van der Waals surface area contributed by atoms with Gasteiger partial charge in [-0.2, -0.15) is 17.0 Å². The van der Waals surface area contributed by atoms with E-state index in [1.54, 1.807) is 15.7 Å². The highest BCUT2D eigenvalue weighted by Crippen LogP contribution is 2.27. The van der Waals surface area contributed by atoms with Crippen molar-refractivity contribution in [1.29, 1.82) is 0 Å². The van der Waals surface area contributed by atoms with Gasteiger partial charge in [-0.05, 0) is 31.6 Å². The van der Waals surface area contributed by atoms with Crippen molar-refractivity contribution in [3.8, 4) is 0 Å². The molecule has 0 radical (unpaired) electrons. The van der Waals surface area contributed by atoms with Crippen molar-refractivity contribution in [2.45, 2.75) is 51.0 Å². The summed E-state index contributed by atoms with van der Waals surface area (Å²) in [4.78, 5) is 0. The van der Waals surface area contributed by atoms with Crippen LogP contribution >= 0.6 is 0 Å². The standard InChI is InChI=1S/C13H27N3O2S/c1-15(11-12-6-2-3-7-12)19(17,18)16-9-5-4-8-13(16)10-14/h12-13H,2-11,14H2,1H3. The van der Waals surface area contributed by atoms with Crippen LogP contribution < -0.4 is 5.73 Å². The second-order valence-electron chi connectivity index (χ2n) is 5.93. The van der Waals surface area contributed by atoms with Gasteiger partial charge in [0.1, 0.15) is 0 Å². The molecule has 1 atom stereocenters. The van der Waals surface area contributed by atoms with E-state index in [2.05, 4.69) is 0 Å². The number of rotatable bonds is 5. The Morgan fingerprint density at radius 3 is 2.42 bits per heavy atom. The van der Waals surface area contributed by atoms with E-state index in [0.29, 0.717) is 25.6 Å². The maximum absolute atomic E-state index is 12.6. The normalized spacial score (nSPS) is 27.2. The molecule has 1 aliphatic carbocycles. The van der Waals surface area contributed by atoms with Gasteiger partial charge in [0, 0.05) is 32.7 Å². The Kier molecular flexibility index (Phi) is 5.22. The SMILES string of the molecule is CN(CC1CCCC1)S(=O)(=O)N1CCCCC1CN. The smallest absolute Gasteiger partial charge is 0.282 e. The monoisotopic (exact) mass is 289 g/mol. The zero-order valence-electron chi connectivity index (χ0n) is 11.9. The molecule has 5 nitrogen and oxygen atoms in total. The van der Waals surface area contributed by atoms with Gasteiger partial charge in [0.25, 0.3) is 10.2 Å². The van der Waals surface area contributed by atoms with E-state index in [4.69, 9.17) is 5.73 Å². The van der Waals surface area contributed by atoms with Crippen molar-refractivity contribution in [3.63, 3.8) is 0 Å². The maximum Gasteiger partial charge on any atom is 0.282 e. The summed E-state index contributed by atoms with van der Waals surface area (Å²) in [5.41, 5.74) is 5.73. The zero-order valence-corrected chi connectivity index (χ0v) is 12.7. The quantitative estimate of drug-likeness (QED) is 0.826. The molecular formula is C13H27N3O2S. The third kappa shape index (κ3) is 3.48. The highest BCUT2D eigenvalue weighted by Gasteiger charge is 2.35. The minimum Gasteiger partial charge on any atom is -0.329 e. The number of hydrogen-bond acceptors (Lipinski definition) is 3. The van der Waals surface area contributed by atoms with E-state index < -0.39 is 10.2 Å². The lowest BCUT2D eigenvalue weighted by molar-refractivity contribution is 0.236. The molecule has 1 unspecified atom stereocenters. The van der Waals surface area contributed by atoms with Crippen LogP contribution in [0.2, 0.25) is 0 Å². The molecule has 2 fully saturated rings. The molecular weight excluding hydrogens is 262 g/mol. The van der Waals surface area contributed by atoms with E-state index in [-0.39, 0.29) is 6.04 Å². The topological polar surface area (TPSA) is 66.6 Å². The third-order valence-electron chi connectivity index (χ3n) is 4.53. The largest absolute Gasteiger partial charge is 0.329 e. The molecule has 112 valence electrons. The van der Waals surface area contributed by atoms with Crippen LogP contribution in [0, 0.1) is 5.92 Å². The molecule has 0 aromatic rings. The fourth-order valence-electron chi connectivity index (χ4n) is 3.34. The zero-order chi connectivity index (χ0) is 13.9. The highest BCUT2D eigenvalue weighted by molar-refractivity contribution is 7.86. The Morgan fingerprint density at radius 1 is 1.16 bits per heavy atom. The van der Waals surface area contributed by atoms with E-state index >= 15 is 0 Å². The minimum absolute atomic E-state index is 0.00946. The Morgan fingerprint density at radius 2 is 1.79 bits per heavy atom. The Bertz CT molecular complexity index is 379. The molecule has 6 heteroatoms. The van der Waals surface area contributed by atoms with Gasteiger partial charge in [-0.3, -0.25) is 0 Å². The van der Waals surface area contributed by atoms with Crippen LogP contribution in [0.15, 0.2) is 0 Å². The van der Waals surface area contributed by atoms with Gasteiger partial charge in [-0.15, -0.1) is 0 Å². The van der Waals surface area contributed by atoms with E-state index in [0.717, 1.165) is 19.3 Å². The first-order valence-corrected chi connectivity index (χ1v) is 8.88. The van der Waals surface area contributed by atoms with Crippen LogP contribution in [0.5, 0.6) is 0 Å². The van der Waals surface area contributed by atoms with E-state index in [1.807, 2.05) is 0 Å². The number of nitrogens with two attached hydrogens (primary N) is 1. The first-order chi connectivity index (χ1) is 9.05. The predicted molar refractivity (Wildman–Crippen MR) is 76.9 cm³/mol. The molecule has 2 aliphatic rings. The lowest BCUT2D eigenvalue weighted by Gasteiger charge is -2.37. The van der Waals surface area contributed by atoms with Crippen molar-refractivity contribution in [1.82, 2.24) is 8.61 Å². The van der Waals surface area contributed by atoms with Crippen molar-refractivity contribution in [2.75, 3.05) is 26.7 Å². The average Bonchev–Trinajstić information content (AvgIpc) is 2.91. The van der Waals surface area contributed by atoms with Gasteiger partial charge in [-0.25, -0.2) is 0 Å². The van der Waals surface area contributed by atoms with Gasteiger partial charge < -0.3 is 5.73 Å². The number of piperidine rings is 1. The van der Waals surface area contributed by atoms with Crippen LogP contribution in [0.4, 0.5) is 0 Å². The van der Waals surface area contributed by atoms with Crippen LogP contribution in [0.25, 0.3) is 0 Å². The lowest BCUT2D eigenvalue weighted by Crippen LogP contribution is -2.52. The summed E-state index contributed by atoms with van der Waals surface area (Å²) >= 11 is 0. The van der Waals surface area contributed by atoms with Gasteiger partial charge in [0.05, 0.1) is 0 Å². The fraction of sp³-hybridized carbons (Fsp3) is 1.00. The molecule has 0 aromatic carbocycles. The summed E-state index contributed by atoms with van der Waals surface area (Å²) in [7, 11) is -1.61. The highest BCUT2D eigenvalue weighted by atomic mass is 32.2. The first kappa shape index (κ1) is 15.2. The molecule has 0 aromatic heterocycles. The molecule has 0 amide bonds. The molecule has 1 heterocycles. The Labute approximate surface area is 117 Å². The van der Waals surface area contributed by atoms with E-state index in [9.17, 15) is 8.42 Å². The van der Waals surface area contributed by atoms with Crippen LogP contribution in [0.3, 0.4) is 0 Å². The number of nitrogens with zero attached hydrogens (tertiary/aromatic N) is 2. The van der Waals surface area contributed by atoms with Gasteiger partial charge in [0.15, 0.2) is 0 Å². The van der Waals surface area contributed by atoms with Crippen LogP contribution in [-0.4, -0.2) is 49.8 Å². The summed E-state index contributed by atoms with van der Waals surface area (Å²) in [5.74, 6) is 0.542.